The molecule has 0 fully saturated rings. The van der Waals surface area contributed by atoms with Gasteiger partial charge in [0.25, 0.3) is 0 Å². The summed E-state index contributed by atoms with van der Waals surface area (Å²) in [7, 11) is 0. The van der Waals surface area contributed by atoms with Crippen LogP contribution < -0.4 is 0 Å². The minimum Gasteiger partial charge on any atom is -0.479 e. The first kappa shape index (κ1) is 18.4. The standard InChI is InChI=1S/C16H32O3/c1-5-9-11-14(7-3)13-19-16(8-4,15(17)18)12-10-6-2/h14H,5-13H2,1-4H3,(H,17,18). The molecule has 3 nitrogen and oxygen atoms in total. The molecule has 0 bridgehead atoms. The van der Waals surface area contributed by atoms with Crippen molar-refractivity contribution in [2.24, 2.45) is 5.92 Å². The summed E-state index contributed by atoms with van der Waals surface area (Å²) in [5, 5.41) is 9.49. The van der Waals surface area contributed by atoms with Crippen LogP contribution in [0.5, 0.6) is 0 Å². The number of hydrogen-bond donors (Lipinski definition) is 1. The highest BCUT2D eigenvalue weighted by molar-refractivity contribution is 5.77. The molecule has 0 saturated heterocycles. The largest absolute Gasteiger partial charge is 0.479 e. The molecular formula is C16H32O3. The number of rotatable bonds is 12. The van der Waals surface area contributed by atoms with Crippen LogP contribution >= 0.6 is 0 Å². The Kier molecular flexibility index (Phi) is 9.94. The molecule has 0 spiro atoms. The van der Waals surface area contributed by atoms with Gasteiger partial charge in [0.15, 0.2) is 5.60 Å². The molecule has 0 rings (SSSR count). The monoisotopic (exact) mass is 272 g/mol. The third-order valence-corrected chi connectivity index (χ3v) is 4.03. The van der Waals surface area contributed by atoms with Crippen molar-refractivity contribution in [3.8, 4) is 0 Å². The van der Waals surface area contributed by atoms with Gasteiger partial charge in [-0.25, -0.2) is 4.79 Å². The number of aliphatic carboxylic acids is 1. The van der Waals surface area contributed by atoms with Gasteiger partial charge in [-0.2, -0.15) is 0 Å². The highest BCUT2D eigenvalue weighted by atomic mass is 16.5. The molecule has 2 unspecified atom stereocenters. The van der Waals surface area contributed by atoms with Gasteiger partial charge in [0.2, 0.25) is 0 Å². The van der Waals surface area contributed by atoms with E-state index in [0.29, 0.717) is 25.4 Å². The topological polar surface area (TPSA) is 46.5 Å². The van der Waals surface area contributed by atoms with Gasteiger partial charge in [0, 0.05) is 0 Å². The van der Waals surface area contributed by atoms with Gasteiger partial charge in [-0.05, 0) is 25.2 Å². The molecule has 0 aromatic rings. The van der Waals surface area contributed by atoms with Crippen LogP contribution in [-0.4, -0.2) is 23.3 Å². The molecule has 0 aromatic heterocycles. The maximum atomic E-state index is 11.5. The van der Waals surface area contributed by atoms with E-state index in [1.54, 1.807) is 0 Å². The second kappa shape index (κ2) is 10.2. The van der Waals surface area contributed by atoms with Crippen molar-refractivity contribution in [3.63, 3.8) is 0 Å². The molecule has 3 heteroatoms. The Hall–Kier alpha value is -0.570. The number of carbonyl (C=O) groups is 1. The molecule has 0 aliphatic heterocycles. The van der Waals surface area contributed by atoms with E-state index in [0.717, 1.165) is 25.7 Å². The first-order valence-corrected chi connectivity index (χ1v) is 7.93. The minimum atomic E-state index is -0.963. The van der Waals surface area contributed by atoms with Crippen LogP contribution in [0.4, 0.5) is 0 Å². The quantitative estimate of drug-likeness (QED) is 0.563. The predicted molar refractivity (Wildman–Crippen MR) is 79.4 cm³/mol. The van der Waals surface area contributed by atoms with E-state index in [4.69, 9.17) is 4.74 Å². The predicted octanol–water partition coefficient (Wildman–Crippen LogP) is 4.64. The van der Waals surface area contributed by atoms with E-state index in [1.807, 2.05) is 6.92 Å². The van der Waals surface area contributed by atoms with E-state index in [1.165, 1.54) is 12.8 Å². The maximum Gasteiger partial charge on any atom is 0.335 e. The van der Waals surface area contributed by atoms with Gasteiger partial charge in [0.05, 0.1) is 6.61 Å². The lowest BCUT2D eigenvalue weighted by Crippen LogP contribution is -2.42. The highest BCUT2D eigenvalue weighted by Crippen LogP contribution is 2.26. The smallest absolute Gasteiger partial charge is 0.335 e. The Morgan fingerprint density at radius 3 is 2.21 bits per heavy atom. The molecule has 2 atom stereocenters. The number of hydrogen-bond acceptors (Lipinski definition) is 2. The van der Waals surface area contributed by atoms with Crippen molar-refractivity contribution >= 4 is 5.97 Å². The Morgan fingerprint density at radius 2 is 1.79 bits per heavy atom. The lowest BCUT2D eigenvalue weighted by molar-refractivity contribution is -0.170. The SMILES string of the molecule is CCCCC(CC)COC(CC)(CCCC)C(=O)O. The summed E-state index contributed by atoms with van der Waals surface area (Å²) in [5.74, 6) is -0.305. The molecule has 0 saturated carbocycles. The third-order valence-electron chi connectivity index (χ3n) is 4.03. The number of carboxylic acids is 1. The summed E-state index contributed by atoms with van der Waals surface area (Å²) in [5.41, 5.74) is -0.963. The molecular weight excluding hydrogens is 240 g/mol. The average Bonchev–Trinajstić information content (AvgIpc) is 2.42. The Bertz CT molecular complexity index is 240. The lowest BCUT2D eigenvalue weighted by Gasteiger charge is -2.30. The maximum absolute atomic E-state index is 11.5. The van der Waals surface area contributed by atoms with Crippen molar-refractivity contribution in [2.45, 2.75) is 84.7 Å². The van der Waals surface area contributed by atoms with Crippen molar-refractivity contribution in [3.05, 3.63) is 0 Å². The number of unbranched alkanes of at least 4 members (excludes halogenated alkanes) is 2. The first-order chi connectivity index (χ1) is 9.06. The summed E-state index contributed by atoms with van der Waals surface area (Å²) < 4.78 is 5.89. The summed E-state index contributed by atoms with van der Waals surface area (Å²) in [6.45, 7) is 8.92. The number of carboxylic acid groups (broad SMARTS) is 1. The fourth-order valence-electron chi connectivity index (χ4n) is 2.31. The van der Waals surface area contributed by atoms with E-state index in [-0.39, 0.29) is 0 Å². The molecule has 0 radical (unpaired) electrons. The van der Waals surface area contributed by atoms with E-state index < -0.39 is 11.6 Å². The molecule has 1 N–H and O–H groups in total. The van der Waals surface area contributed by atoms with Crippen LogP contribution in [-0.2, 0) is 9.53 Å². The summed E-state index contributed by atoms with van der Waals surface area (Å²) in [6, 6.07) is 0. The average molecular weight is 272 g/mol. The molecule has 0 aliphatic rings. The van der Waals surface area contributed by atoms with Crippen molar-refractivity contribution in [1.29, 1.82) is 0 Å². The van der Waals surface area contributed by atoms with Gasteiger partial charge in [-0.3, -0.25) is 0 Å². The Labute approximate surface area is 118 Å². The molecule has 0 heterocycles. The van der Waals surface area contributed by atoms with Crippen LogP contribution in [0, 0.1) is 5.92 Å². The van der Waals surface area contributed by atoms with Gasteiger partial charge >= 0.3 is 5.97 Å². The molecule has 114 valence electrons. The van der Waals surface area contributed by atoms with E-state index in [9.17, 15) is 9.90 Å². The fraction of sp³-hybridized carbons (Fsp3) is 0.938. The minimum absolute atomic E-state index is 0.492. The van der Waals surface area contributed by atoms with Gasteiger partial charge in [-0.1, -0.05) is 59.8 Å². The van der Waals surface area contributed by atoms with Crippen LogP contribution in [0.25, 0.3) is 0 Å². The Balaban J connectivity index is 4.49. The van der Waals surface area contributed by atoms with Crippen molar-refractivity contribution < 1.29 is 14.6 Å². The van der Waals surface area contributed by atoms with Crippen molar-refractivity contribution in [1.82, 2.24) is 0 Å². The van der Waals surface area contributed by atoms with E-state index >= 15 is 0 Å². The third kappa shape index (κ3) is 6.42. The zero-order chi connectivity index (χ0) is 14.7. The normalized spacial score (nSPS) is 16.0. The second-order valence-corrected chi connectivity index (χ2v) is 5.48. The van der Waals surface area contributed by atoms with E-state index in [2.05, 4.69) is 20.8 Å². The fourth-order valence-corrected chi connectivity index (χ4v) is 2.31. The van der Waals surface area contributed by atoms with Gasteiger partial charge in [0.1, 0.15) is 0 Å². The molecule has 19 heavy (non-hydrogen) atoms. The van der Waals surface area contributed by atoms with Crippen LogP contribution in [0.1, 0.15) is 79.1 Å². The zero-order valence-electron chi connectivity index (χ0n) is 13.2. The van der Waals surface area contributed by atoms with Crippen LogP contribution in [0.15, 0.2) is 0 Å². The highest BCUT2D eigenvalue weighted by Gasteiger charge is 2.37. The molecule has 0 aromatic carbocycles. The Morgan fingerprint density at radius 1 is 1.16 bits per heavy atom. The number of ether oxygens (including phenoxy) is 1. The summed E-state index contributed by atoms with van der Waals surface area (Å²) in [6.07, 6.45) is 7.67. The van der Waals surface area contributed by atoms with Crippen LogP contribution in [0.2, 0.25) is 0 Å². The van der Waals surface area contributed by atoms with Crippen LogP contribution in [0.3, 0.4) is 0 Å². The lowest BCUT2D eigenvalue weighted by atomic mass is 9.92. The second-order valence-electron chi connectivity index (χ2n) is 5.48. The summed E-state index contributed by atoms with van der Waals surface area (Å²) in [4.78, 5) is 11.5. The van der Waals surface area contributed by atoms with Gasteiger partial charge in [-0.15, -0.1) is 0 Å². The first-order valence-electron chi connectivity index (χ1n) is 7.93. The van der Waals surface area contributed by atoms with Gasteiger partial charge < -0.3 is 9.84 Å². The molecule has 0 aliphatic carbocycles. The summed E-state index contributed by atoms with van der Waals surface area (Å²) >= 11 is 0. The zero-order valence-corrected chi connectivity index (χ0v) is 13.2. The van der Waals surface area contributed by atoms with Crippen molar-refractivity contribution in [2.75, 3.05) is 6.61 Å². The molecule has 0 amide bonds.